The minimum atomic E-state index is -0.969. The van der Waals surface area contributed by atoms with E-state index in [2.05, 4.69) is 5.32 Å². The van der Waals surface area contributed by atoms with Crippen LogP contribution in [0.2, 0.25) is 0 Å². The molecule has 0 saturated carbocycles. The molecule has 0 fully saturated rings. The summed E-state index contributed by atoms with van der Waals surface area (Å²) >= 11 is 1.66. The van der Waals surface area contributed by atoms with Crippen molar-refractivity contribution in [2.24, 2.45) is 11.8 Å². The van der Waals surface area contributed by atoms with Crippen LogP contribution in [-0.2, 0) is 23.9 Å². The minimum Gasteiger partial charge on any atom is -0.504 e. The number of nitrogens with one attached hydrogen (secondary N) is 1. The zero-order valence-electron chi connectivity index (χ0n) is 20.8. The maximum absolute atomic E-state index is 13.7. The normalized spacial score (nSPS) is 21.9. The lowest BCUT2D eigenvalue weighted by Crippen LogP contribution is -2.43. The van der Waals surface area contributed by atoms with Gasteiger partial charge in [-0.2, -0.15) is 11.8 Å². The molecule has 0 bridgehead atoms. The lowest BCUT2D eigenvalue weighted by molar-refractivity contribution is -0.151. The Kier molecular flexibility index (Phi) is 8.88. The largest absolute Gasteiger partial charge is 0.504 e. The first-order valence-corrected chi connectivity index (χ1v) is 12.9. The Morgan fingerprint density at radius 2 is 2.00 bits per heavy atom. The van der Waals surface area contributed by atoms with Crippen molar-refractivity contribution in [3.8, 4) is 11.5 Å². The number of allylic oxidation sites excluding steroid dienone is 3. The summed E-state index contributed by atoms with van der Waals surface area (Å²) in [6.07, 6.45) is 0.445. The van der Waals surface area contributed by atoms with Crippen LogP contribution in [0, 0.1) is 11.8 Å². The number of carbonyl (C=O) groups excluding carboxylic acids is 3. The highest BCUT2D eigenvalue weighted by Crippen LogP contribution is 2.46. The van der Waals surface area contributed by atoms with Gasteiger partial charge >= 0.3 is 11.9 Å². The van der Waals surface area contributed by atoms with Gasteiger partial charge in [-0.25, -0.2) is 4.79 Å². The summed E-state index contributed by atoms with van der Waals surface area (Å²) in [6.45, 7) is 8.01. The summed E-state index contributed by atoms with van der Waals surface area (Å²) in [4.78, 5) is 39.6. The van der Waals surface area contributed by atoms with Gasteiger partial charge in [0.15, 0.2) is 17.3 Å². The Hall–Kier alpha value is -2.94. The van der Waals surface area contributed by atoms with E-state index in [1.54, 1.807) is 37.7 Å². The van der Waals surface area contributed by atoms with Gasteiger partial charge in [0.05, 0.1) is 19.3 Å². The molecule has 0 aromatic heterocycles. The van der Waals surface area contributed by atoms with Crippen molar-refractivity contribution in [1.82, 2.24) is 5.32 Å². The molecular weight excluding hydrogens is 470 g/mol. The van der Waals surface area contributed by atoms with Gasteiger partial charge in [0, 0.05) is 28.6 Å². The quantitative estimate of drug-likeness (QED) is 0.296. The monoisotopic (exact) mass is 503 g/mol. The third-order valence-electron chi connectivity index (χ3n) is 6.24. The van der Waals surface area contributed by atoms with E-state index in [-0.39, 0.29) is 29.8 Å². The van der Waals surface area contributed by atoms with Crippen LogP contribution >= 0.6 is 11.8 Å². The van der Waals surface area contributed by atoms with Gasteiger partial charge in [0.25, 0.3) is 0 Å². The van der Waals surface area contributed by atoms with Crippen LogP contribution < -0.4 is 10.1 Å². The summed E-state index contributed by atoms with van der Waals surface area (Å²) in [6, 6.07) is 4.77. The number of phenolic OH excluding ortho intramolecular Hbond substituents is 1. The first kappa shape index (κ1) is 26.7. The van der Waals surface area contributed by atoms with Crippen molar-refractivity contribution in [2.45, 2.75) is 40.0 Å². The average molecular weight is 504 g/mol. The lowest BCUT2D eigenvalue weighted by atomic mass is 9.69. The summed E-state index contributed by atoms with van der Waals surface area (Å²) in [5.74, 6) is -1.76. The number of hydrogen-bond acceptors (Lipinski definition) is 9. The van der Waals surface area contributed by atoms with E-state index in [0.717, 1.165) is 5.75 Å². The molecule has 190 valence electrons. The molecule has 0 radical (unpaired) electrons. The molecule has 8 nitrogen and oxygen atoms in total. The molecule has 1 aromatic carbocycles. The number of ketones is 1. The fourth-order valence-electron chi connectivity index (χ4n) is 4.68. The van der Waals surface area contributed by atoms with Crippen molar-refractivity contribution in [1.29, 1.82) is 0 Å². The molecule has 0 saturated heterocycles. The van der Waals surface area contributed by atoms with Crippen molar-refractivity contribution in [2.75, 3.05) is 31.8 Å². The predicted molar refractivity (Wildman–Crippen MR) is 133 cm³/mol. The number of carbonyl (C=O) groups is 3. The van der Waals surface area contributed by atoms with Gasteiger partial charge in [0.2, 0.25) is 0 Å². The van der Waals surface area contributed by atoms with E-state index < -0.39 is 23.8 Å². The Morgan fingerprint density at radius 1 is 1.26 bits per heavy atom. The molecular formula is C26H33NO7S. The molecule has 1 aliphatic carbocycles. The number of thioether (sulfide) groups is 1. The average Bonchev–Trinajstić information content (AvgIpc) is 2.82. The smallest absolute Gasteiger partial charge is 0.336 e. The number of Topliss-reactive ketones (excluding diaryl/α,β-unsaturated/α-hetero) is 1. The second kappa shape index (κ2) is 11.7. The number of aromatic hydroxyl groups is 1. The number of rotatable bonds is 9. The number of esters is 2. The van der Waals surface area contributed by atoms with Crippen LogP contribution in [0.15, 0.2) is 40.7 Å². The summed E-state index contributed by atoms with van der Waals surface area (Å²) in [7, 11) is 1.26. The number of hydrogen-bond donors (Lipinski definition) is 2. The number of ether oxygens (including phenoxy) is 3. The third-order valence-corrected chi connectivity index (χ3v) is 7.11. The topological polar surface area (TPSA) is 111 Å². The van der Waals surface area contributed by atoms with Crippen molar-refractivity contribution in [3.63, 3.8) is 0 Å². The van der Waals surface area contributed by atoms with Crippen LogP contribution in [0.25, 0.3) is 0 Å². The van der Waals surface area contributed by atoms with Crippen LogP contribution in [0.1, 0.15) is 45.6 Å². The van der Waals surface area contributed by atoms with E-state index in [9.17, 15) is 19.5 Å². The molecule has 1 aliphatic heterocycles. The standard InChI is InChI=1S/C26H33NO7S/c1-6-33-19-13-16(8-9-18(19)28)22-21(26(31)34-10-11-35-7-2)15(4)27-17-12-14(3)20(25(30)32-5)24(29)23(17)22/h8-9,13-14,20,22,27-28H,6-7,10-12H2,1-5H3/t14-,20-,22+/m0/s1. The molecule has 2 N–H and O–H groups in total. The maximum Gasteiger partial charge on any atom is 0.336 e. The Morgan fingerprint density at radius 3 is 2.66 bits per heavy atom. The van der Waals surface area contributed by atoms with Crippen LogP contribution in [0.3, 0.4) is 0 Å². The highest BCUT2D eigenvalue weighted by molar-refractivity contribution is 7.99. The van der Waals surface area contributed by atoms with Crippen LogP contribution in [0.5, 0.6) is 11.5 Å². The van der Waals surface area contributed by atoms with Gasteiger partial charge in [-0.05, 0) is 49.6 Å². The van der Waals surface area contributed by atoms with E-state index in [1.165, 1.54) is 13.2 Å². The first-order valence-electron chi connectivity index (χ1n) is 11.8. The van der Waals surface area contributed by atoms with Crippen molar-refractivity contribution < 1.29 is 33.7 Å². The molecule has 0 spiro atoms. The van der Waals surface area contributed by atoms with E-state index in [0.29, 0.717) is 46.9 Å². The zero-order valence-corrected chi connectivity index (χ0v) is 21.6. The number of methoxy groups -OCH3 is 1. The molecule has 3 atom stereocenters. The highest BCUT2D eigenvalue weighted by atomic mass is 32.2. The minimum absolute atomic E-state index is 0.0452. The maximum atomic E-state index is 13.7. The number of dihydropyridines is 1. The Labute approximate surface area is 210 Å². The molecule has 9 heteroatoms. The molecule has 1 aromatic rings. The second-order valence-corrected chi connectivity index (χ2v) is 9.92. The van der Waals surface area contributed by atoms with Gasteiger partial charge in [-0.15, -0.1) is 0 Å². The molecule has 0 amide bonds. The SMILES string of the molecule is CCOc1cc([C@@H]2C(C(=O)OCCSCC)=C(C)NC3=C2C(=O)[C@@H](C(=O)OC)[C@@H](C)C3)ccc1O. The molecule has 1 heterocycles. The Balaban J connectivity index is 2.12. The highest BCUT2D eigenvalue weighted by Gasteiger charge is 2.47. The van der Waals surface area contributed by atoms with E-state index >= 15 is 0 Å². The molecule has 35 heavy (non-hydrogen) atoms. The number of phenols is 1. The fraction of sp³-hybridized carbons (Fsp3) is 0.500. The molecule has 3 rings (SSSR count). The molecule has 2 aliphatic rings. The lowest BCUT2D eigenvalue weighted by Gasteiger charge is -2.38. The second-order valence-electron chi connectivity index (χ2n) is 8.53. The predicted octanol–water partition coefficient (Wildman–Crippen LogP) is 3.70. The third kappa shape index (κ3) is 5.50. The summed E-state index contributed by atoms with van der Waals surface area (Å²) in [5, 5.41) is 13.5. The van der Waals surface area contributed by atoms with Gasteiger partial charge in [-0.1, -0.05) is 19.9 Å². The zero-order chi connectivity index (χ0) is 25.7. The summed E-state index contributed by atoms with van der Waals surface area (Å²) in [5.41, 5.74) is 2.48. The Bertz CT molecular complexity index is 1060. The van der Waals surface area contributed by atoms with E-state index in [4.69, 9.17) is 14.2 Å². The first-order chi connectivity index (χ1) is 16.7. The van der Waals surface area contributed by atoms with Crippen LogP contribution in [-0.4, -0.2) is 54.7 Å². The molecule has 0 unspecified atom stereocenters. The van der Waals surface area contributed by atoms with Gasteiger partial charge < -0.3 is 24.6 Å². The summed E-state index contributed by atoms with van der Waals surface area (Å²) < 4.78 is 16.1. The van der Waals surface area contributed by atoms with Gasteiger partial charge in [0.1, 0.15) is 12.5 Å². The van der Waals surface area contributed by atoms with E-state index in [1.807, 2.05) is 13.8 Å². The van der Waals surface area contributed by atoms with Crippen molar-refractivity contribution in [3.05, 3.63) is 46.3 Å². The van der Waals surface area contributed by atoms with Crippen LogP contribution in [0.4, 0.5) is 0 Å². The van der Waals surface area contributed by atoms with Gasteiger partial charge in [-0.3, -0.25) is 9.59 Å². The van der Waals surface area contributed by atoms with Crippen molar-refractivity contribution >= 4 is 29.5 Å². The fourth-order valence-corrected chi connectivity index (χ4v) is 5.17. The number of benzene rings is 1.